The maximum atomic E-state index is 12.6. The molecule has 0 aromatic heterocycles. The van der Waals surface area contributed by atoms with Gasteiger partial charge in [-0.1, -0.05) is 476 Å². The van der Waals surface area contributed by atoms with Crippen LogP contribution in [-0.4, -0.2) is 48.4 Å². The molecule has 0 radical (unpaired) electrons. The van der Waals surface area contributed by atoms with Gasteiger partial charge in [0.2, 0.25) is 0 Å². The molecule has 7 atom stereocenters. The van der Waals surface area contributed by atoms with Crippen LogP contribution in [0.2, 0.25) is 0 Å². The third-order valence-electron chi connectivity index (χ3n) is 23.6. The Labute approximate surface area is 614 Å². The van der Waals surface area contributed by atoms with Gasteiger partial charge in [-0.25, -0.2) is 0 Å². The molecule has 5 nitrogen and oxygen atoms in total. The average molecular weight is 1380 g/mol. The molecule has 0 bridgehead atoms. The minimum absolute atomic E-state index is 0.216. The molecular weight excluding hydrogens is 1210 g/mol. The molecule has 0 spiro atoms. The Morgan fingerprint density at radius 2 is 0.619 bits per heavy atom. The normalized spacial score (nSPS) is 15.5. The van der Waals surface area contributed by atoms with E-state index in [4.69, 9.17) is 9.47 Å². The summed E-state index contributed by atoms with van der Waals surface area (Å²) in [5.74, 6) is 4.24. The van der Waals surface area contributed by atoms with Crippen LogP contribution in [0.3, 0.4) is 0 Å². The van der Waals surface area contributed by atoms with E-state index in [2.05, 4.69) is 20.8 Å². The third-order valence-corrected chi connectivity index (χ3v) is 24.5. The number of carbonyl (C=O) groups is 2. The molecule has 1 fully saturated rings. The molecule has 1 saturated carbocycles. The van der Waals surface area contributed by atoms with Crippen molar-refractivity contribution < 1.29 is 24.2 Å². The lowest BCUT2D eigenvalue weighted by atomic mass is 9.91. The number of methoxy groups -OCH3 is 2. The molecule has 0 aromatic carbocycles. The van der Waals surface area contributed by atoms with Gasteiger partial charge in [0.15, 0.2) is 5.12 Å². The van der Waals surface area contributed by atoms with E-state index < -0.39 is 6.10 Å². The van der Waals surface area contributed by atoms with E-state index in [1.807, 2.05) is 7.11 Å². The molecule has 1 N–H and O–H groups in total. The van der Waals surface area contributed by atoms with Crippen LogP contribution >= 0.6 is 11.8 Å². The molecule has 0 amide bonds. The van der Waals surface area contributed by atoms with E-state index in [0.717, 1.165) is 62.0 Å². The Kier molecular flexibility index (Phi) is 74.5. The number of aliphatic hydroxyl groups is 1. The van der Waals surface area contributed by atoms with E-state index in [1.165, 1.54) is 462 Å². The van der Waals surface area contributed by atoms with E-state index in [0.29, 0.717) is 12.0 Å². The number of rotatable bonds is 83. The summed E-state index contributed by atoms with van der Waals surface area (Å²) in [6, 6.07) is 0. The number of esters is 1. The number of unbranched alkanes of at least 4 members (excludes halogenated alkanes) is 64. The summed E-state index contributed by atoms with van der Waals surface area (Å²) in [5.41, 5.74) is 0. The molecule has 1 aliphatic carbocycles. The molecule has 1 aliphatic rings. The number of aliphatic hydroxyl groups excluding tert-OH is 1. The number of carbonyl (C=O) groups excluding carboxylic acids is 2. The Morgan fingerprint density at radius 3 is 0.928 bits per heavy atom. The quantitative estimate of drug-likeness (QED) is 0.0483. The van der Waals surface area contributed by atoms with Gasteiger partial charge in [0.1, 0.15) is 0 Å². The summed E-state index contributed by atoms with van der Waals surface area (Å²) in [6.45, 7) is 9.01. The fraction of sp³-hybridized carbons (Fsp3) is 0.978. The first-order chi connectivity index (χ1) is 47.7. The van der Waals surface area contributed by atoms with Crippen molar-refractivity contribution in [3.63, 3.8) is 0 Å². The highest BCUT2D eigenvalue weighted by Crippen LogP contribution is 2.49. The molecule has 0 saturated heterocycles. The summed E-state index contributed by atoms with van der Waals surface area (Å²) in [7, 11) is 3.44. The largest absolute Gasteiger partial charge is 0.469 e. The smallest absolute Gasteiger partial charge is 0.311 e. The van der Waals surface area contributed by atoms with Crippen LogP contribution in [0.4, 0.5) is 0 Å². The van der Waals surface area contributed by atoms with Gasteiger partial charge >= 0.3 is 5.97 Å². The highest BCUT2D eigenvalue weighted by molar-refractivity contribution is 8.13. The Bertz CT molecular complexity index is 1550. The maximum Gasteiger partial charge on any atom is 0.311 e. The lowest BCUT2D eigenvalue weighted by Gasteiger charge is -2.22. The fourth-order valence-electron chi connectivity index (χ4n) is 16.6. The van der Waals surface area contributed by atoms with Crippen LogP contribution in [0.1, 0.15) is 509 Å². The van der Waals surface area contributed by atoms with E-state index >= 15 is 0 Å². The Morgan fingerprint density at radius 1 is 0.351 bits per heavy atom. The molecule has 0 aromatic rings. The van der Waals surface area contributed by atoms with Gasteiger partial charge in [0, 0.05) is 19.8 Å². The van der Waals surface area contributed by atoms with Crippen LogP contribution in [0.15, 0.2) is 0 Å². The zero-order chi connectivity index (χ0) is 70.1. The lowest BCUT2D eigenvalue weighted by molar-refractivity contribution is -0.150. The zero-order valence-corrected chi connectivity index (χ0v) is 68.1. The number of hydrogen-bond donors (Lipinski definition) is 1. The van der Waals surface area contributed by atoms with Gasteiger partial charge in [-0.15, -0.1) is 0 Å². The number of hydrogen-bond acceptors (Lipinski definition) is 6. The predicted molar refractivity (Wildman–Crippen MR) is 433 cm³/mol. The van der Waals surface area contributed by atoms with Gasteiger partial charge in [-0.05, 0) is 62.2 Å². The molecule has 0 aliphatic heterocycles. The average Bonchev–Trinajstić information content (AvgIpc) is 1.70. The Hall–Kier alpha value is -0.590. The van der Waals surface area contributed by atoms with Gasteiger partial charge < -0.3 is 14.6 Å². The van der Waals surface area contributed by atoms with Gasteiger partial charge in [0.05, 0.1) is 25.2 Å². The van der Waals surface area contributed by atoms with Crippen molar-refractivity contribution in [3.05, 3.63) is 0 Å². The van der Waals surface area contributed by atoms with Crippen molar-refractivity contribution in [1.82, 2.24) is 0 Å². The van der Waals surface area contributed by atoms with E-state index in [-0.39, 0.29) is 17.0 Å². The molecule has 578 valence electrons. The van der Waals surface area contributed by atoms with Crippen LogP contribution in [0.5, 0.6) is 0 Å². The standard InChI is InChI=1S/C91H178O5S/c1-7-8-9-10-11-12-13-14-15-26-34-41-48-55-62-69-76-84(3)90(95-5)80-73-66-59-52-45-38-31-30-33-40-47-54-61-68-75-83(2)88-82-86(88)77-70-63-56-49-42-35-27-23-24-29-37-44-51-58-65-72-79-89(93)87(91(94)96-6)78-71-64-57-50-43-36-28-22-20-18-16-17-19-21-25-32-39-46-53-60-67-74-81-97-85(4)92/h83-84,86-90,93H,7-82H2,1-6H3/t83-,84-,86+,87?,88?,89+,90-/m0/s1. The van der Waals surface area contributed by atoms with Crippen molar-refractivity contribution in [2.45, 2.75) is 521 Å². The SMILES string of the molecule is CCCCCCCCCCCCCCCCCC[C@H](C)[C@H](CCCCCCCCCCCCCCCC[C@H](C)C1C[C@H]1CCCCCCCCCCCCCCCCCC[C@@H](O)C(CCCCCCCCCCCCCCCCCCCCCCCCSC(C)=O)C(=O)OC)OC. The Balaban J connectivity index is 1.80. The first kappa shape index (κ1) is 94.4. The fourth-order valence-corrected chi connectivity index (χ4v) is 17.2. The highest BCUT2D eigenvalue weighted by atomic mass is 32.2. The van der Waals surface area contributed by atoms with Gasteiger partial charge in [-0.2, -0.15) is 0 Å². The summed E-state index contributed by atoms with van der Waals surface area (Å²) < 4.78 is 11.1. The minimum Gasteiger partial charge on any atom is -0.469 e. The monoisotopic (exact) mass is 1380 g/mol. The first-order valence-corrected chi connectivity index (χ1v) is 46.2. The second kappa shape index (κ2) is 76.5. The van der Waals surface area contributed by atoms with Gasteiger partial charge in [0.25, 0.3) is 0 Å². The predicted octanol–water partition coefficient (Wildman–Crippen LogP) is 31.2. The molecular formula is C91H178O5S. The molecule has 97 heavy (non-hydrogen) atoms. The van der Waals surface area contributed by atoms with Crippen molar-refractivity contribution >= 4 is 22.8 Å². The molecule has 1 rings (SSSR count). The molecule has 0 heterocycles. The van der Waals surface area contributed by atoms with Crippen molar-refractivity contribution in [1.29, 1.82) is 0 Å². The summed E-state index contributed by atoms with van der Waals surface area (Å²) in [5, 5.41) is 11.2. The van der Waals surface area contributed by atoms with Crippen LogP contribution in [0.25, 0.3) is 0 Å². The summed E-state index contributed by atoms with van der Waals surface area (Å²) in [6.07, 6.45) is 103. The van der Waals surface area contributed by atoms with Crippen LogP contribution in [-0.2, 0) is 19.1 Å². The van der Waals surface area contributed by atoms with E-state index in [1.54, 1.807) is 6.92 Å². The molecule has 6 heteroatoms. The van der Waals surface area contributed by atoms with Crippen LogP contribution in [0, 0.1) is 29.6 Å². The molecule has 2 unspecified atom stereocenters. The maximum absolute atomic E-state index is 12.6. The zero-order valence-electron chi connectivity index (χ0n) is 67.3. The lowest BCUT2D eigenvalue weighted by Crippen LogP contribution is -2.29. The summed E-state index contributed by atoms with van der Waals surface area (Å²) in [4.78, 5) is 23.6. The van der Waals surface area contributed by atoms with Crippen LogP contribution < -0.4 is 0 Å². The van der Waals surface area contributed by atoms with E-state index in [9.17, 15) is 14.7 Å². The third kappa shape index (κ3) is 67.1. The minimum atomic E-state index is -0.562. The summed E-state index contributed by atoms with van der Waals surface area (Å²) >= 11 is 1.48. The van der Waals surface area contributed by atoms with Crippen molar-refractivity contribution in [2.24, 2.45) is 29.6 Å². The van der Waals surface area contributed by atoms with Crippen molar-refractivity contribution in [2.75, 3.05) is 20.0 Å². The number of thioether (sulfide) groups is 1. The second-order valence-corrected chi connectivity index (χ2v) is 34.1. The number of ether oxygens (including phenoxy) is 2. The second-order valence-electron chi connectivity index (χ2n) is 32.8. The van der Waals surface area contributed by atoms with Gasteiger partial charge in [-0.3, -0.25) is 9.59 Å². The highest BCUT2D eigenvalue weighted by Gasteiger charge is 2.39. The topological polar surface area (TPSA) is 72.8 Å². The first-order valence-electron chi connectivity index (χ1n) is 45.2. The van der Waals surface area contributed by atoms with Crippen molar-refractivity contribution in [3.8, 4) is 0 Å².